The highest BCUT2D eigenvalue weighted by Gasteiger charge is 2.38. The molecule has 0 unspecified atom stereocenters. The van der Waals surface area contributed by atoms with Gasteiger partial charge in [-0.3, -0.25) is 4.90 Å². The third-order valence-corrected chi connectivity index (χ3v) is 2.59. The van der Waals surface area contributed by atoms with Crippen molar-refractivity contribution in [3.8, 4) is 18.1 Å². The number of likely N-dealkylation sites (N-methyl/N-ethyl adjacent to an activating group) is 1. The second kappa shape index (κ2) is 3.60. The molecule has 15 heavy (non-hydrogen) atoms. The molecule has 0 aliphatic carbocycles. The average molecular weight is 201 g/mol. The lowest BCUT2D eigenvalue weighted by atomic mass is 9.97. The van der Waals surface area contributed by atoms with Crippen LogP contribution in [0.1, 0.15) is 12.5 Å². The zero-order chi connectivity index (χ0) is 10.9. The van der Waals surface area contributed by atoms with E-state index in [-0.39, 0.29) is 5.60 Å². The van der Waals surface area contributed by atoms with Gasteiger partial charge < -0.3 is 4.74 Å². The summed E-state index contributed by atoms with van der Waals surface area (Å²) in [7, 11) is 2.09. The maximum absolute atomic E-state index is 5.90. The van der Waals surface area contributed by atoms with Crippen molar-refractivity contribution in [2.24, 2.45) is 0 Å². The van der Waals surface area contributed by atoms with Crippen molar-refractivity contribution in [3.63, 3.8) is 0 Å². The lowest BCUT2D eigenvalue weighted by Crippen LogP contribution is -2.61. The molecular weight excluding hydrogens is 186 g/mol. The maximum Gasteiger partial charge on any atom is 0.131 e. The van der Waals surface area contributed by atoms with E-state index in [0.717, 1.165) is 24.4 Å². The van der Waals surface area contributed by atoms with Crippen LogP contribution >= 0.6 is 0 Å². The smallest absolute Gasteiger partial charge is 0.131 e. The molecule has 0 spiro atoms. The lowest BCUT2D eigenvalue weighted by molar-refractivity contribution is -0.0496. The Bertz CT molecular complexity index is 382. The van der Waals surface area contributed by atoms with Gasteiger partial charge >= 0.3 is 0 Å². The largest absolute Gasteiger partial charge is 0.485 e. The maximum atomic E-state index is 5.90. The molecule has 0 amide bonds. The molecule has 2 heteroatoms. The summed E-state index contributed by atoms with van der Waals surface area (Å²) in [5.74, 6) is 3.48. The Hall–Kier alpha value is -1.46. The van der Waals surface area contributed by atoms with Crippen molar-refractivity contribution in [3.05, 3.63) is 29.8 Å². The molecule has 1 fully saturated rings. The predicted molar refractivity (Wildman–Crippen MR) is 60.9 cm³/mol. The molecule has 2 rings (SSSR count). The lowest BCUT2D eigenvalue weighted by Gasteiger charge is -2.45. The highest BCUT2D eigenvalue weighted by molar-refractivity contribution is 5.37. The van der Waals surface area contributed by atoms with Gasteiger partial charge in [-0.05, 0) is 38.2 Å². The molecular formula is C13H15NO. The summed E-state index contributed by atoms with van der Waals surface area (Å²) in [6.45, 7) is 4.08. The number of benzene rings is 1. The Labute approximate surface area is 90.9 Å². The predicted octanol–water partition coefficient (Wildman–Crippen LogP) is 1.75. The first kappa shape index (κ1) is 10.1. The molecule has 1 aliphatic rings. The normalized spacial score (nSPS) is 19.0. The Balaban J connectivity index is 2.03. The highest BCUT2D eigenvalue weighted by Crippen LogP contribution is 2.26. The van der Waals surface area contributed by atoms with Gasteiger partial charge in [-0.15, -0.1) is 6.42 Å². The van der Waals surface area contributed by atoms with Gasteiger partial charge in [0.05, 0.1) is 0 Å². The van der Waals surface area contributed by atoms with Crippen LogP contribution in [0.5, 0.6) is 5.75 Å². The quantitative estimate of drug-likeness (QED) is 0.676. The van der Waals surface area contributed by atoms with Gasteiger partial charge in [0, 0.05) is 18.7 Å². The highest BCUT2D eigenvalue weighted by atomic mass is 16.5. The van der Waals surface area contributed by atoms with Gasteiger partial charge in [0.2, 0.25) is 0 Å². The zero-order valence-electron chi connectivity index (χ0n) is 9.16. The van der Waals surface area contributed by atoms with E-state index in [0.29, 0.717) is 0 Å². The molecule has 0 atom stereocenters. The summed E-state index contributed by atoms with van der Waals surface area (Å²) in [5.41, 5.74) is 0.852. The van der Waals surface area contributed by atoms with Crippen LogP contribution in [0.4, 0.5) is 0 Å². The monoisotopic (exact) mass is 201 g/mol. The first-order valence-corrected chi connectivity index (χ1v) is 5.06. The molecule has 0 radical (unpaired) electrons. The van der Waals surface area contributed by atoms with E-state index >= 15 is 0 Å². The Morgan fingerprint density at radius 2 is 1.93 bits per heavy atom. The summed E-state index contributed by atoms with van der Waals surface area (Å²) in [6, 6.07) is 7.67. The SMILES string of the molecule is C#Cc1ccc(OC2(C)CN(C)C2)cc1. The number of terminal acetylenes is 1. The van der Waals surface area contributed by atoms with Crippen molar-refractivity contribution >= 4 is 0 Å². The molecule has 0 bridgehead atoms. The average Bonchev–Trinajstić information content (AvgIpc) is 2.17. The molecule has 1 aromatic rings. The van der Waals surface area contributed by atoms with E-state index in [4.69, 9.17) is 11.2 Å². The molecule has 0 N–H and O–H groups in total. The fraction of sp³-hybridized carbons (Fsp3) is 0.385. The van der Waals surface area contributed by atoms with E-state index < -0.39 is 0 Å². The van der Waals surface area contributed by atoms with Gasteiger partial charge in [-0.1, -0.05) is 5.92 Å². The Morgan fingerprint density at radius 1 is 1.33 bits per heavy atom. The Morgan fingerprint density at radius 3 is 2.40 bits per heavy atom. The van der Waals surface area contributed by atoms with Crippen molar-refractivity contribution in [1.82, 2.24) is 4.90 Å². The Kier molecular flexibility index (Phi) is 2.42. The molecule has 1 aliphatic heterocycles. The number of hydrogen-bond donors (Lipinski definition) is 0. The summed E-state index contributed by atoms with van der Waals surface area (Å²) in [6.07, 6.45) is 5.29. The van der Waals surface area contributed by atoms with Gasteiger partial charge in [-0.25, -0.2) is 0 Å². The van der Waals surface area contributed by atoms with Gasteiger partial charge in [0.25, 0.3) is 0 Å². The summed E-state index contributed by atoms with van der Waals surface area (Å²) in [4.78, 5) is 2.23. The molecule has 1 heterocycles. The van der Waals surface area contributed by atoms with E-state index in [1.54, 1.807) is 0 Å². The fourth-order valence-corrected chi connectivity index (χ4v) is 2.06. The second-order valence-corrected chi connectivity index (χ2v) is 4.39. The third-order valence-electron chi connectivity index (χ3n) is 2.59. The molecule has 0 aromatic heterocycles. The van der Waals surface area contributed by atoms with Crippen LogP contribution in [0, 0.1) is 12.3 Å². The number of likely N-dealkylation sites (tertiary alicyclic amines) is 1. The fourth-order valence-electron chi connectivity index (χ4n) is 2.06. The second-order valence-electron chi connectivity index (χ2n) is 4.39. The molecule has 2 nitrogen and oxygen atoms in total. The zero-order valence-corrected chi connectivity index (χ0v) is 9.16. The summed E-state index contributed by atoms with van der Waals surface area (Å²) in [5, 5.41) is 0. The van der Waals surface area contributed by atoms with E-state index in [2.05, 4.69) is 24.8 Å². The third kappa shape index (κ3) is 2.14. The summed E-state index contributed by atoms with van der Waals surface area (Å²) >= 11 is 0. The number of rotatable bonds is 2. The van der Waals surface area contributed by atoms with Gasteiger partial charge in [-0.2, -0.15) is 0 Å². The van der Waals surface area contributed by atoms with Crippen molar-refractivity contribution in [2.45, 2.75) is 12.5 Å². The minimum Gasteiger partial charge on any atom is -0.485 e. The number of hydrogen-bond acceptors (Lipinski definition) is 2. The van der Waals surface area contributed by atoms with Crippen LogP contribution < -0.4 is 4.74 Å². The van der Waals surface area contributed by atoms with Crippen LogP contribution in [0.25, 0.3) is 0 Å². The van der Waals surface area contributed by atoms with E-state index in [9.17, 15) is 0 Å². The summed E-state index contributed by atoms with van der Waals surface area (Å²) < 4.78 is 5.90. The van der Waals surface area contributed by atoms with E-state index in [1.165, 1.54) is 0 Å². The van der Waals surface area contributed by atoms with Crippen LogP contribution in [0.3, 0.4) is 0 Å². The van der Waals surface area contributed by atoms with Crippen LogP contribution in [-0.2, 0) is 0 Å². The molecule has 1 aromatic carbocycles. The first-order valence-electron chi connectivity index (χ1n) is 5.06. The number of nitrogens with zero attached hydrogens (tertiary/aromatic N) is 1. The van der Waals surface area contributed by atoms with Crippen molar-refractivity contribution < 1.29 is 4.74 Å². The van der Waals surface area contributed by atoms with Crippen molar-refractivity contribution in [2.75, 3.05) is 20.1 Å². The minimum absolute atomic E-state index is 0.0353. The van der Waals surface area contributed by atoms with Crippen LogP contribution in [-0.4, -0.2) is 30.6 Å². The van der Waals surface area contributed by atoms with Crippen LogP contribution in [0.2, 0.25) is 0 Å². The van der Waals surface area contributed by atoms with Gasteiger partial charge in [0.15, 0.2) is 0 Å². The molecule has 0 saturated carbocycles. The molecule has 1 saturated heterocycles. The van der Waals surface area contributed by atoms with E-state index in [1.807, 2.05) is 24.3 Å². The number of ether oxygens (including phenoxy) is 1. The minimum atomic E-state index is -0.0353. The van der Waals surface area contributed by atoms with Crippen molar-refractivity contribution in [1.29, 1.82) is 0 Å². The topological polar surface area (TPSA) is 12.5 Å². The first-order chi connectivity index (χ1) is 7.11. The standard InChI is InChI=1S/C13H15NO/c1-4-11-5-7-12(8-6-11)15-13(2)9-14(3)10-13/h1,5-8H,9-10H2,2-3H3. The molecule has 78 valence electrons. The van der Waals surface area contributed by atoms with Crippen LogP contribution in [0.15, 0.2) is 24.3 Å². The van der Waals surface area contributed by atoms with Gasteiger partial charge in [0.1, 0.15) is 11.4 Å².